The first-order valence-electron chi connectivity index (χ1n) is 4.96. The number of ketones is 1. The van der Waals surface area contributed by atoms with Crippen molar-refractivity contribution < 1.29 is 14.3 Å². The molecular weight excluding hydrogens is 192 g/mol. The summed E-state index contributed by atoms with van der Waals surface area (Å²) >= 11 is 0. The lowest BCUT2D eigenvalue weighted by atomic mass is 10.1. The van der Waals surface area contributed by atoms with E-state index in [1.807, 2.05) is 25.1 Å². The van der Waals surface area contributed by atoms with Gasteiger partial charge in [-0.3, -0.25) is 4.79 Å². The molecule has 0 heterocycles. The fraction of sp³-hybridized carbons (Fsp3) is 0.417. The van der Waals surface area contributed by atoms with Crippen molar-refractivity contribution in [3.63, 3.8) is 0 Å². The van der Waals surface area contributed by atoms with Crippen LogP contribution in [0.2, 0.25) is 0 Å². The predicted octanol–water partition coefficient (Wildman–Crippen LogP) is 2.23. The van der Waals surface area contributed by atoms with Gasteiger partial charge in [-0.1, -0.05) is 13.0 Å². The van der Waals surface area contributed by atoms with Crippen LogP contribution in [-0.2, 0) is 11.2 Å². The summed E-state index contributed by atoms with van der Waals surface area (Å²) in [5.41, 5.74) is 1.08. The molecule has 0 spiro atoms. The minimum atomic E-state index is 0.0138. The summed E-state index contributed by atoms with van der Waals surface area (Å²) in [5, 5.41) is 0. The molecular formula is C12H16O3. The van der Waals surface area contributed by atoms with E-state index >= 15 is 0 Å². The number of hydrogen-bond acceptors (Lipinski definition) is 3. The lowest BCUT2D eigenvalue weighted by molar-refractivity contribution is -0.118. The first-order valence-corrected chi connectivity index (χ1v) is 4.96. The van der Waals surface area contributed by atoms with Gasteiger partial charge in [-0.2, -0.15) is 0 Å². The monoisotopic (exact) mass is 208 g/mol. The summed E-state index contributed by atoms with van der Waals surface area (Å²) in [6.45, 7) is 3.66. The van der Waals surface area contributed by atoms with Crippen LogP contribution in [0.25, 0.3) is 0 Å². The molecule has 3 nitrogen and oxygen atoms in total. The van der Waals surface area contributed by atoms with Crippen LogP contribution < -0.4 is 9.47 Å². The Kier molecular flexibility index (Phi) is 4.16. The average Bonchev–Trinajstić information content (AvgIpc) is 2.25. The highest BCUT2D eigenvalue weighted by atomic mass is 16.5. The molecule has 0 amide bonds. The minimum absolute atomic E-state index is 0.0138. The number of carbonyl (C=O) groups excluding carboxylic acids is 1. The topological polar surface area (TPSA) is 35.5 Å². The van der Waals surface area contributed by atoms with Crippen molar-refractivity contribution >= 4 is 5.78 Å². The zero-order valence-electron chi connectivity index (χ0n) is 9.37. The second-order valence-corrected chi connectivity index (χ2v) is 3.32. The van der Waals surface area contributed by atoms with Gasteiger partial charge in [0.2, 0.25) is 0 Å². The van der Waals surface area contributed by atoms with Gasteiger partial charge in [-0.15, -0.1) is 0 Å². The van der Waals surface area contributed by atoms with Crippen LogP contribution in [0.15, 0.2) is 18.2 Å². The first-order chi connectivity index (χ1) is 7.17. The molecule has 0 fully saturated rings. The quantitative estimate of drug-likeness (QED) is 0.744. The number of Topliss-reactive ketones (excluding diaryl/α,β-unsaturated/α-hetero) is 1. The first kappa shape index (κ1) is 11.6. The number of hydrogen-bond donors (Lipinski definition) is 0. The number of rotatable bonds is 5. The summed E-state index contributed by atoms with van der Waals surface area (Å²) < 4.78 is 10.5. The van der Waals surface area contributed by atoms with Crippen LogP contribution in [0.5, 0.6) is 11.5 Å². The van der Waals surface area contributed by atoms with Crippen molar-refractivity contribution in [1.82, 2.24) is 0 Å². The van der Waals surface area contributed by atoms with E-state index in [0.29, 0.717) is 0 Å². The Morgan fingerprint density at radius 3 is 2.67 bits per heavy atom. The van der Waals surface area contributed by atoms with Crippen LogP contribution in [0, 0.1) is 0 Å². The van der Waals surface area contributed by atoms with E-state index in [1.165, 1.54) is 6.92 Å². The van der Waals surface area contributed by atoms with Crippen molar-refractivity contribution in [2.45, 2.75) is 20.3 Å². The maximum atomic E-state index is 10.8. The normalized spacial score (nSPS) is 9.80. The predicted molar refractivity (Wildman–Crippen MR) is 58.5 cm³/mol. The lowest BCUT2D eigenvalue weighted by Gasteiger charge is -2.10. The summed E-state index contributed by atoms with van der Waals surface area (Å²) in [4.78, 5) is 10.8. The Hall–Kier alpha value is -1.51. The Bertz CT molecular complexity index is 345. The Balaban J connectivity index is 2.85. The van der Waals surface area contributed by atoms with Crippen molar-refractivity contribution in [2.24, 2.45) is 0 Å². The highest BCUT2D eigenvalue weighted by molar-refractivity contribution is 5.77. The molecule has 1 rings (SSSR count). The SMILES string of the molecule is CCc1ccc(OC)cc1OCC(C)=O. The molecule has 0 atom stereocenters. The summed E-state index contributed by atoms with van der Waals surface area (Å²) in [6, 6.07) is 5.65. The van der Waals surface area contributed by atoms with Crippen molar-refractivity contribution in [3.05, 3.63) is 23.8 Å². The van der Waals surface area contributed by atoms with E-state index in [2.05, 4.69) is 0 Å². The maximum Gasteiger partial charge on any atom is 0.167 e. The van der Waals surface area contributed by atoms with Crippen LogP contribution in [0.1, 0.15) is 19.4 Å². The molecule has 0 N–H and O–H groups in total. The smallest absolute Gasteiger partial charge is 0.167 e. The van der Waals surface area contributed by atoms with Crippen LogP contribution in [0.4, 0.5) is 0 Å². The number of benzene rings is 1. The number of carbonyl (C=O) groups is 1. The molecule has 15 heavy (non-hydrogen) atoms. The third-order valence-corrected chi connectivity index (χ3v) is 2.09. The van der Waals surface area contributed by atoms with Gasteiger partial charge in [0.1, 0.15) is 18.1 Å². The van der Waals surface area contributed by atoms with Gasteiger partial charge in [0.25, 0.3) is 0 Å². The molecule has 0 saturated carbocycles. The Morgan fingerprint density at radius 2 is 2.13 bits per heavy atom. The Morgan fingerprint density at radius 1 is 1.40 bits per heavy atom. The molecule has 0 unspecified atom stereocenters. The molecule has 0 bridgehead atoms. The van der Waals surface area contributed by atoms with E-state index in [1.54, 1.807) is 7.11 Å². The maximum absolute atomic E-state index is 10.8. The molecule has 1 aromatic carbocycles. The third-order valence-electron chi connectivity index (χ3n) is 2.09. The summed E-state index contributed by atoms with van der Waals surface area (Å²) in [5.74, 6) is 1.48. The van der Waals surface area contributed by atoms with Crippen LogP contribution in [-0.4, -0.2) is 19.5 Å². The van der Waals surface area contributed by atoms with Gasteiger partial charge in [0.15, 0.2) is 5.78 Å². The molecule has 0 aliphatic heterocycles. The molecule has 0 aromatic heterocycles. The summed E-state index contributed by atoms with van der Waals surface area (Å²) in [6.07, 6.45) is 0.872. The summed E-state index contributed by atoms with van der Waals surface area (Å²) in [7, 11) is 1.61. The molecule has 1 aromatic rings. The fourth-order valence-electron chi connectivity index (χ4n) is 1.27. The van der Waals surface area contributed by atoms with Crippen LogP contribution in [0.3, 0.4) is 0 Å². The van der Waals surface area contributed by atoms with E-state index in [0.717, 1.165) is 23.5 Å². The van der Waals surface area contributed by atoms with Crippen LogP contribution >= 0.6 is 0 Å². The number of methoxy groups -OCH3 is 1. The molecule has 0 aliphatic rings. The zero-order chi connectivity index (χ0) is 11.3. The molecule has 3 heteroatoms. The molecule has 0 radical (unpaired) electrons. The van der Waals surface area contributed by atoms with Gasteiger partial charge in [0.05, 0.1) is 7.11 Å². The Labute approximate surface area is 90.0 Å². The second-order valence-electron chi connectivity index (χ2n) is 3.32. The van der Waals surface area contributed by atoms with Crippen molar-refractivity contribution in [1.29, 1.82) is 0 Å². The number of ether oxygens (including phenoxy) is 2. The van der Waals surface area contributed by atoms with Gasteiger partial charge < -0.3 is 9.47 Å². The van der Waals surface area contributed by atoms with Crippen molar-refractivity contribution in [3.8, 4) is 11.5 Å². The van der Waals surface area contributed by atoms with E-state index in [9.17, 15) is 4.79 Å². The van der Waals surface area contributed by atoms with E-state index in [4.69, 9.17) is 9.47 Å². The second kappa shape index (κ2) is 5.39. The van der Waals surface area contributed by atoms with Gasteiger partial charge >= 0.3 is 0 Å². The largest absolute Gasteiger partial charge is 0.497 e. The van der Waals surface area contributed by atoms with Gasteiger partial charge in [-0.05, 0) is 25.0 Å². The molecule has 82 valence electrons. The highest BCUT2D eigenvalue weighted by Crippen LogP contribution is 2.25. The highest BCUT2D eigenvalue weighted by Gasteiger charge is 2.05. The lowest BCUT2D eigenvalue weighted by Crippen LogP contribution is -2.08. The van der Waals surface area contributed by atoms with Gasteiger partial charge in [-0.25, -0.2) is 0 Å². The molecule has 0 saturated heterocycles. The van der Waals surface area contributed by atoms with Gasteiger partial charge in [0, 0.05) is 6.07 Å². The third kappa shape index (κ3) is 3.27. The minimum Gasteiger partial charge on any atom is -0.497 e. The standard InChI is InChI=1S/C12H16O3/c1-4-10-5-6-11(14-3)7-12(10)15-8-9(2)13/h5-7H,4,8H2,1-3H3. The van der Waals surface area contributed by atoms with E-state index < -0.39 is 0 Å². The van der Waals surface area contributed by atoms with Crippen molar-refractivity contribution in [2.75, 3.05) is 13.7 Å². The zero-order valence-corrected chi connectivity index (χ0v) is 9.37. The number of aryl methyl sites for hydroxylation is 1. The van der Waals surface area contributed by atoms with E-state index in [-0.39, 0.29) is 12.4 Å². The fourth-order valence-corrected chi connectivity index (χ4v) is 1.27. The average molecular weight is 208 g/mol. The molecule has 0 aliphatic carbocycles.